The molecule has 1 atom stereocenters. The van der Waals surface area contributed by atoms with Crippen LogP contribution in [0.2, 0.25) is 0 Å². The maximum absolute atomic E-state index is 5.39. The van der Waals surface area contributed by atoms with E-state index in [4.69, 9.17) is 4.74 Å². The van der Waals surface area contributed by atoms with E-state index in [1.807, 2.05) is 24.9 Å². The zero-order valence-electron chi connectivity index (χ0n) is 12.0. The molecule has 1 heterocycles. The van der Waals surface area contributed by atoms with Crippen molar-refractivity contribution in [2.24, 2.45) is 7.05 Å². The van der Waals surface area contributed by atoms with Gasteiger partial charge in [0, 0.05) is 32.5 Å². The SMILES string of the molecule is CCNC(CCCOCC)CCc1cnn(C)c1. The number of hydrogen-bond donors (Lipinski definition) is 1. The molecule has 0 saturated carbocycles. The van der Waals surface area contributed by atoms with Gasteiger partial charge in [-0.2, -0.15) is 5.10 Å². The Hall–Kier alpha value is -0.870. The molecule has 0 spiro atoms. The molecule has 4 nitrogen and oxygen atoms in total. The van der Waals surface area contributed by atoms with Crippen LogP contribution in [-0.4, -0.2) is 35.6 Å². The van der Waals surface area contributed by atoms with Crippen molar-refractivity contribution in [3.8, 4) is 0 Å². The molecule has 0 saturated heterocycles. The Morgan fingerprint density at radius 3 is 2.83 bits per heavy atom. The van der Waals surface area contributed by atoms with Gasteiger partial charge in [0.1, 0.15) is 0 Å². The minimum atomic E-state index is 0.593. The number of hydrogen-bond acceptors (Lipinski definition) is 3. The Kier molecular flexibility index (Phi) is 7.69. The molecule has 18 heavy (non-hydrogen) atoms. The fraction of sp³-hybridized carbons (Fsp3) is 0.786. The summed E-state index contributed by atoms with van der Waals surface area (Å²) in [7, 11) is 1.97. The molecule has 0 bridgehead atoms. The molecule has 0 aromatic carbocycles. The molecule has 0 fully saturated rings. The van der Waals surface area contributed by atoms with Crippen molar-refractivity contribution in [3.05, 3.63) is 18.0 Å². The summed E-state index contributed by atoms with van der Waals surface area (Å²) in [4.78, 5) is 0. The predicted octanol–water partition coefficient (Wildman–Crippen LogP) is 2.15. The van der Waals surface area contributed by atoms with Gasteiger partial charge in [-0.3, -0.25) is 4.68 Å². The minimum absolute atomic E-state index is 0.593. The smallest absolute Gasteiger partial charge is 0.0521 e. The zero-order valence-corrected chi connectivity index (χ0v) is 12.0. The third-order valence-electron chi connectivity index (χ3n) is 3.08. The van der Waals surface area contributed by atoms with Crippen molar-refractivity contribution < 1.29 is 4.74 Å². The second-order valence-electron chi connectivity index (χ2n) is 4.65. The highest BCUT2D eigenvalue weighted by molar-refractivity contribution is 5.03. The number of ether oxygens (including phenoxy) is 1. The van der Waals surface area contributed by atoms with E-state index in [9.17, 15) is 0 Å². The average Bonchev–Trinajstić information content (AvgIpc) is 2.77. The van der Waals surface area contributed by atoms with Gasteiger partial charge in [0.25, 0.3) is 0 Å². The lowest BCUT2D eigenvalue weighted by Gasteiger charge is -2.17. The van der Waals surface area contributed by atoms with Crippen LogP contribution in [0, 0.1) is 0 Å². The monoisotopic (exact) mass is 253 g/mol. The molecule has 104 valence electrons. The normalized spacial score (nSPS) is 12.8. The Bertz CT molecular complexity index is 312. The van der Waals surface area contributed by atoms with Crippen LogP contribution in [-0.2, 0) is 18.2 Å². The summed E-state index contributed by atoms with van der Waals surface area (Å²) in [5.74, 6) is 0. The average molecular weight is 253 g/mol. The summed E-state index contributed by atoms with van der Waals surface area (Å²) in [6.07, 6.45) is 8.66. The Balaban J connectivity index is 2.24. The summed E-state index contributed by atoms with van der Waals surface area (Å²) in [5.41, 5.74) is 1.32. The fourth-order valence-corrected chi connectivity index (χ4v) is 2.16. The van der Waals surface area contributed by atoms with Crippen molar-refractivity contribution >= 4 is 0 Å². The van der Waals surface area contributed by atoms with Crippen LogP contribution in [0.5, 0.6) is 0 Å². The van der Waals surface area contributed by atoms with E-state index in [1.165, 1.54) is 18.4 Å². The Labute approximate surface area is 111 Å². The van der Waals surface area contributed by atoms with Crippen LogP contribution >= 0.6 is 0 Å². The van der Waals surface area contributed by atoms with E-state index in [2.05, 4.69) is 23.5 Å². The first kappa shape index (κ1) is 15.2. The number of nitrogens with zero attached hydrogens (tertiary/aromatic N) is 2. The summed E-state index contributed by atoms with van der Waals surface area (Å²) in [6.45, 7) is 6.95. The number of aryl methyl sites for hydroxylation is 2. The first-order valence-electron chi connectivity index (χ1n) is 7.04. The molecule has 0 amide bonds. The summed E-state index contributed by atoms with van der Waals surface area (Å²) < 4.78 is 7.25. The zero-order chi connectivity index (χ0) is 13.2. The predicted molar refractivity (Wildman–Crippen MR) is 74.7 cm³/mol. The van der Waals surface area contributed by atoms with Crippen molar-refractivity contribution in [1.82, 2.24) is 15.1 Å². The summed E-state index contributed by atoms with van der Waals surface area (Å²) >= 11 is 0. The first-order chi connectivity index (χ1) is 8.76. The minimum Gasteiger partial charge on any atom is -0.382 e. The van der Waals surface area contributed by atoms with Gasteiger partial charge in [-0.05, 0) is 44.7 Å². The molecule has 1 aromatic rings. The third-order valence-corrected chi connectivity index (χ3v) is 3.08. The van der Waals surface area contributed by atoms with Crippen molar-refractivity contribution in [2.75, 3.05) is 19.8 Å². The molecule has 1 unspecified atom stereocenters. The van der Waals surface area contributed by atoms with Gasteiger partial charge < -0.3 is 10.1 Å². The molecule has 0 radical (unpaired) electrons. The van der Waals surface area contributed by atoms with E-state index in [-0.39, 0.29) is 0 Å². The lowest BCUT2D eigenvalue weighted by atomic mass is 10.0. The highest BCUT2D eigenvalue weighted by atomic mass is 16.5. The van der Waals surface area contributed by atoms with Gasteiger partial charge in [-0.15, -0.1) is 0 Å². The van der Waals surface area contributed by atoms with Crippen molar-refractivity contribution in [1.29, 1.82) is 0 Å². The van der Waals surface area contributed by atoms with Crippen LogP contribution in [0.4, 0.5) is 0 Å². The van der Waals surface area contributed by atoms with Crippen LogP contribution < -0.4 is 5.32 Å². The molecule has 1 N–H and O–H groups in total. The maximum atomic E-state index is 5.39. The summed E-state index contributed by atoms with van der Waals surface area (Å²) in [6, 6.07) is 0.593. The molecule has 1 rings (SSSR count). The van der Waals surface area contributed by atoms with Gasteiger partial charge in [-0.1, -0.05) is 6.92 Å². The molecule has 0 aliphatic carbocycles. The molecular weight excluding hydrogens is 226 g/mol. The van der Waals surface area contributed by atoms with E-state index >= 15 is 0 Å². The van der Waals surface area contributed by atoms with Crippen LogP contribution in [0.1, 0.15) is 38.7 Å². The lowest BCUT2D eigenvalue weighted by molar-refractivity contribution is 0.140. The van der Waals surface area contributed by atoms with Crippen LogP contribution in [0.25, 0.3) is 0 Å². The second-order valence-corrected chi connectivity index (χ2v) is 4.65. The molecule has 0 aliphatic heterocycles. The largest absolute Gasteiger partial charge is 0.382 e. The van der Waals surface area contributed by atoms with Crippen LogP contribution in [0.15, 0.2) is 12.4 Å². The van der Waals surface area contributed by atoms with Gasteiger partial charge in [0.2, 0.25) is 0 Å². The maximum Gasteiger partial charge on any atom is 0.0521 e. The molecule has 0 aliphatic rings. The van der Waals surface area contributed by atoms with Gasteiger partial charge >= 0.3 is 0 Å². The summed E-state index contributed by atoms with van der Waals surface area (Å²) in [5, 5.41) is 7.76. The Morgan fingerprint density at radius 1 is 1.39 bits per heavy atom. The van der Waals surface area contributed by atoms with E-state index in [0.717, 1.165) is 32.6 Å². The van der Waals surface area contributed by atoms with E-state index < -0.39 is 0 Å². The van der Waals surface area contributed by atoms with Gasteiger partial charge in [-0.25, -0.2) is 0 Å². The molecular formula is C14H27N3O. The second kappa shape index (κ2) is 9.11. The van der Waals surface area contributed by atoms with Crippen molar-refractivity contribution in [3.63, 3.8) is 0 Å². The van der Waals surface area contributed by atoms with Gasteiger partial charge in [0.05, 0.1) is 6.20 Å². The third kappa shape index (κ3) is 6.17. The van der Waals surface area contributed by atoms with Crippen molar-refractivity contribution in [2.45, 2.75) is 45.6 Å². The topological polar surface area (TPSA) is 39.1 Å². The lowest BCUT2D eigenvalue weighted by Crippen LogP contribution is -2.29. The highest BCUT2D eigenvalue weighted by Crippen LogP contribution is 2.08. The Morgan fingerprint density at radius 2 is 2.22 bits per heavy atom. The van der Waals surface area contributed by atoms with Gasteiger partial charge in [0.15, 0.2) is 0 Å². The number of aromatic nitrogens is 2. The first-order valence-corrected chi connectivity index (χ1v) is 7.04. The van der Waals surface area contributed by atoms with Crippen LogP contribution in [0.3, 0.4) is 0 Å². The highest BCUT2D eigenvalue weighted by Gasteiger charge is 2.08. The van der Waals surface area contributed by atoms with E-state index in [0.29, 0.717) is 6.04 Å². The number of nitrogens with one attached hydrogen (secondary N) is 1. The molecule has 1 aromatic heterocycles. The standard InChI is InChI=1S/C14H27N3O/c1-4-15-14(7-6-10-18-5-2)9-8-13-11-16-17(3)12-13/h11-12,14-15H,4-10H2,1-3H3. The quantitative estimate of drug-likeness (QED) is 0.649. The van der Waals surface area contributed by atoms with E-state index in [1.54, 1.807) is 0 Å². The molecule has 4 heteroatoms. The fourth-order valence-electron chi connectivity index (χ4n) is 2.16. The number of rotatable bonds is 10.